The lowest BCUT2D eigenvalue weighted by atomic mass is 9.90. The Kier molecular flexibility index (Phi) is 3.62. The maximum absolute atomic E-state index is 6.17. The third kappa shape index (κ3) is 2.28. The summed E-state index contributed by atoms with van der Waals surface area (Å²) in [6.07, 6.45) is 0. The average molecular weight is 327 g/mol. The lowest BCUT2D eigenvalue weighted by Gasteiger charge is -2.34. The van der Waals surface area contributed by atoms with E-state index in [1.807, 2.05) is 18.2 Å². The molecule has 20 heavy (non-hydrogen) atoms. The molecule has 0 saturated heterocycles. The molecule has 0 aliphatic carbocycles. The molecule has 0 N–H and O–H groups in total. The van der Waals surface area contributed by atoms with Gasteiger partial charge in [0.15, 0.2) is 0 Å². The highest BCUT2D eigenvalue weighted by Crippen LogP contribution is 2.49. The van der Waals surface area contributed by atoms with Crippen molar-refractivity contribution in [3.8, 4) is 11.1 Å². The van der Waals surface area contributed by atoms with Crippen LogP contribution in [0.2, 0.25) is 0 Å². The molecular weight excluding hydrogens is 313 g/mol. The summed E-state index contributed by atoms with van der Waals surface area (Å²) in [5.74, 6) is 0. The smallest absolute Gasteiger partial charge is 0.216 e. The minimum Gasteiger partial charge on any atom is -0.367 e. The molecule has 1 heterocycles. The molecule has 0 fully saturated rings. The van der Waals surface area contributed by atoms with Crippen molar-refractivity contribution in [3.63, 3.8) is 0 Å². The second-order valence-corrected chi connectivity index (χ2v) is 7.15. The predicted octanol–water partition coefficient (Wildman–Crippen LogP) is 5.52. The van der Waals surface area contributed by atoms with Gasteiger partial charge in [-0.15, -0.1) is 0 Å². The summed E-state index contributed by atoms with van der Waals surface area (Å²) < 4.78 is -1.42. The first-order valence-corrected chi connectivity index (χ1v) is 7.69. The molecule has 0 amide bonds. The van der Waals surface area contributed by atoms with E-state index in [0.29, 0.717) is 0 Å². The highest BCUT2D eigenvalue weighted by atomic mass is 35.6. The minimum absolute atomic E-state index is 0.741. The van der Waals surface area contributed by atoms with Crippen LogP contribution in [0.3, 0.4) is 0 Å². The van der Waals surface area contributed by atoms with Crippen LogP contribution in [0.15, 0.2) is 42.5 Å². The van der Waals surface area contributed by atoms with Gasteiger partial charge < -0.3 is 4.90 Å². The molecule has 0 atom stereocenters. The summed E-state index contributed by atoms with van der Waals surface area (Å²) >= 11 is 18.5. The van der Waals surface area contributed by atoms with Gasteiger partial charge in [0, 0.05) is 29.9 Å². The van der Waals surface area contributed by atoms with Crippen molar-refractivity contribution in [2.24, 2.45) is 0 Å². The van der Waals surface area contributed by atoms with Crippen molar-refractivity contribution in [2.75, 3.05) is 11.4 Å². The monoisotopic (exact) mass is 325 g/mol. The highest BCUT2D eigenvalue weighted by Gasteiger charge is 2.31. The quantitative estimate of drug-likeness (QED) is 0.624. The standard InChI is InChI=1S/C16H14Cl3N/c1-2-20-10-11-6-3-4-7-12(11)15-13(16(17,18)19)8-5-9-14(15)20/h3-9H,2,10H2,1H3. The molecule has 3 rings (SSSR count). The van der Waals surface area contributed by atoms with E-state index in [1.54, 1.807) is 0 Å². The highest BCUT2D eigenvalue weighted by molar-refractivity contribution is 6.67. The van der Waals surface area contributed by atoms with Gasteiger partial charge >= 0.3 is 0 Å². The fourth-order valence-corrected chi connectivity index (χ4v) is 3.27. The van der Waals surface area contributed by atoms with Gasteiger partial charge in [-0.2, -0.15) is 0 Å². The molecule has 104 valence electrons. The number of benzene rings is 2. The zero-order valence-corrected chi connectivity index (χ0v) is 13.3. The Labute approximate surface area is 134 Å². The topological polar surface area (TPSA) is 3.24 Å². The van der Waals surface area contributed by atoms with Gasteiger partial charge in [0.2, 0.25) is 3.79 Å². The molecule has 0 spiro atoms. The van der Waals surface area contributed by atoms with E-state index in [9.17, 15) is 0 Å². The molecule has 0 radical (unpaired) electrons. The van der Waals surface area contributed by atoms with E-state index in [-0.39, 0.29) is 0 Å². The van der Waals surface area contributed by atoms with E-state index in [2.05, 4.69) is 36.1 Å². The molecular formula is C16H14Cl3N. The lowest BCUT2D eigenvalue weighted by molar-refractivity contribution is 0.821. The van der Waals surface area contributed by atoms with Crippen molar-refractivity contribution in [1.29, 1.82) is 0 Å². The summed E-state index contributed by atoms with van der Waals surface area (Å²) in [4.78, 5) is 2.30. The SMILES string of the molecule is CCN1Cc2ccccc2-c2c1cccc2C(Cl)(Cl)Cl. The van der Waals surface area contributed by atoms with Gasteiger partial charge in [-0.1, -0.05) is 71.2 Å². The maximum Gasteiger partial charge on any atom is 0.216 e. The summed E-state index contributed by atoms with van der Waals surface area (Å²) in [7, 11) is 0. The molecule has 1 aliphatic rings. The average Bonchev–Trinajstić information content (AvgIpc) is 2.44. The van der Waals surface area contributed by atoms with Gasteiger partial charge in [0.25, 0.3) is 0 Å². The normalized spacial score (nSPS) is 13.9. The van der Waals surface area contributed by atoms with E-state index in [0.717, 1.165) is 35.5 Å². The number of hydrogen-bond acceptors (Lipinski definition) is 1. The Hall–Kier alpha value is -0.890. The number of rotatable bonds is 1. The molecule has 4 heteroatoms. The van der Waals surface area contributed by atoms with Gasteiger partial charge in [-0.3, -0.25) is 0 Å². The molecule has 2 aromatic carbocycles. The molecule has 0 unspecified atom stereocenters. The number of halogens is 3. The summed E-state index contributed by atoms with van der Waals surface area (Å²) in [5.41, 5.74) is 5.34. The number of alkyl halides is 3. The molecule has 0 aromatic heterocycles. The Morgan fingerprint density at radius 1 is 1.05 bits per heavy atom. The third-order valence-corrected chi connectivity index (χ3v) is 4.33. The summed E-state index contributed by atoms with van der Waals surface area (Å²) in [5, 5.41) is 0. The molecule has 0 bridgehead atoms. The number of hydrogen-bond donors (Lipinski definition) is 0. The van der Waals surface area contributed by atoms with Gasteiger partial charge in [-0.25, -0.2) is 0 Å². The Morgan fingerprint density at radius 3 is 2.50 bits per heavy atom. The predicted molar refractivity (Wildman–Crippen MR) is 87.8 cm³/mol. The maximum atomic E-state index is 6.17. The Balaban J connectivity index is 2.32. The third-order valence-electron chi connectivity index (χ3n) is 3.72. The van der Waals surface area contributed by atoms with E-state index in [4.69, 9.17) is 34.8 Å². The molecule has 0 saturated carbocycles. The van der Waals surface area contributed by atoms with Crippen LogP contribution in [0.1, 0.15) is 18.1 Å². The van der Waals surface area contributed by atoms with Gasteiger partial charge in [0.05, 0.1) is 0 Å². The first-order chi connectivity index (χ1) is 9.52. The van der Waals surface area contributed by atoms with Crippen LogP contribution in [0.4, 0.5) is 5.69 Å². The van der Waals surface area contributed by atoms with Crippen LogP contribution in [0.5, 0.6) is 0 Å². The second kappa shape index (κ2) is 5.14. The number of anilines is 1. The van der Waals surface area contributed by atoms with Crippen LogP contribution in [0, 0.1) is 0 Å². The van der Waals surface area contributed by atoms with E-state index in [1.165, 1.54) is 5.56 Å². The zero-order chi connectivity index (χ0) is 14.3. The van der Waals surface area contributed by atoms with Crippen molar-refractivity contribution in [1.82, 2.24) is 0 Å². The Bertz CT molecular complexity index is 646. The lowest BCUT2D eigenvalue weighted by Crippen LogP contribution is -2.27. The first kappa shape index (κ1) is 14.1. The van der Waals surface area contributed by atoms with Crippen LogP contribution >= 0.6 is 34.8 Å². The van der Waals surface area contributed by atoms with Crippen molar-refractivity contribution in [2.45, 2.75) is 17.3 Å². The molecule has 1 aliphatic heterocycles. The number of nitrogens with zero attached hydrogens (tertiary/aromatic N) is 1. The molecule has 2 aromatic rings. The zero-order valence-electron chi connectivity index (χ0n) is 11.0. The Morgan fingerprint density at radius 2 is 1.80 bits per heavy atom. The largest absolute Gasteiger partial charge is 0.367 e. The van der Waals surface area contributed by atoms with E-state index < -0.39 is 3.79 Å². The minimum atomic E-state index is -1.42. The van der Waals surface area contributed by atoms with Crippen molar-refractivity contribution in [3.05, 3.63) is 53.6 Å². The van der Waals surface area contributed by atoms with Crippen LogP contribution in [-0.2, 0) is 10.3 Å². The van der Waals surface area contributed by atoms with Crippen molar-refractivity contribution < 1.29 is 0 Å². The fraction of sp³-hybridized carbons (Fsp3) is 0.250. The molecule has 1 nitrogen and oxygen atoms in total. The van der Waals surface area contributed by atoms with Gasteiger partial charge in [-0.05, 0) is 24.1 Å². The number of fused-ring (bicyclic) bond motifs is 3. The first-order valence-electron chi connectivity index (χ1n) is 6.56. The van der Waals surface area contributed by atoms with Gasteiger partial charge in [0.1, 0.15) is 0 Å². The van der Waals surface area contributed by atoms with Crippen molar-refractivity contribution >= 4 is 40.5 Å². The van der Waals surface area contributed by atoms with Crippen LogP contribution in [0.25, 0.3) is 11.1 Å². The summed E-state index contributed by atoms with van der Waals surface area (Å²) in [6.45, 7) is 3.95. The second-order valence-electron chi connectivity index (χ2n) is 4.87. The fourth-order valence-electron chi connectivity index (χ4n) is 2.80. The summed E-state index contributed by atoms with van der Waals surface area (Å²) in [6, 6.07) is 14.2. The van der Waals surface area contributed by atoms with Crippen LogP contribution in [-0.4, -0.2) is 6.54 Å². The van der Waals surface area contributed by atoms with E-state index >= 15 is 0 Å². The van der Waals surface area contributed by atoms with Crippen LogP contribution < -0.4 is 4.90 Å².